The summed E-state index contributed by atoms with van der Waals surface area (Å²) in [5, 5.41) is 32.2. The molecule has 6 N–H and O–H groups in total. The maximum Gasteiger partial charge on any atom is 0.296 e. The van der Waals surface area contributed by atoms with E-state index in [0.29, 0.717) is 55.7 Å². The summed E-state index contributed by atoms with van der Waals surface area (Å²) >= 11 is 0. The molecule has 4 aromatic rings. The Hall–Kier alpha value is -5.56. The van der Waals surface area contributed by atoms with Crippen LogP contribution in [0.5, 0.6) is 11.5 Å². The molecule has 1 aliphatic rings. The fraction of sp³-hybridized carbons (Fsp3) is 0.551. The van der Waals surface area contributed by atoms with Gasteiger partial charge >= 0.3 is 0 Å². The second kappa shape index (κ2) is 34.7. The molecular formula is C49H80F2N10O6. The van der Waals surface area contributed by atoms with Crippen LogP contribution in [0.2, 0.25) is 0 Å². The van der Waals surface area contributed by atoms with Crippen LogP contribution in [0.15, 0.2) is 64.4 Å². The molecule has 1 aliphatic heterocycles. The van der Waals surface area contributed by atoms with Gasteiger partial charge in [0.15, 0.2) is 11.4 Å². The topological polar surface area (TPSA) is 199 Å². The Labute approximate surface area is 397 Å². The van der Waals surface area contributed by atoms with Gasteiger partial charge in [-0.05, 0) is 76.4 Å². The molecule has 2 amide bonds. The van der Waals surface area contributed by atoms with E-state index in [1.807, 2.05) is 67.6 Å². The summed E-state index contributed by atoms with van der Waals surface area (Å²) in [5.74, 6) is -2.96. The van der Waals surface area contributed by atoms with E-state index in [1.165, 1.54) is 58.3 Å². The lowest BCUT2D eigenvalue weighted by atomic mass is 10.2. The minimum atomic E-state index is -0.689. The number of aromatic hydroxyl groups is 2. The maximum atomic E-state index is 13.0. The Balaban J connectivity index is 0.00000111. The molecule has 0 bridgehead atoms. The van der Waals surface area contributed by atoms with Crippen LogP contribution in [0.25, 0.3) is 0 Å². The van der Waals surface area contributed by atoms with Gasteiger partial charge in [-0.2, -0.15) is 0 Å². The van der Waals surface area contributed by atoms with Crippen LogP contribution >= 0.6 is 0 Å². The zero-order chi connectivity index (χ0) is 51.1. The van der Waals surface area contributed by atoms with Crippen LogP contribution in [0.4, 0.5) is 8.78 Å². The van der Waals surface area contributed by atoms with Gasteiger partial charge in [0.25, 0.3) is 22.9 Å². The van der Waals surface area contributed by atoms with Crippen LogP contribution in [0.1, 0.15) is 132 Å². The predicted octanol–water partition coefficient (Wildman–Crippen LogP) is 6.45. The van der Waals surface area contributed by atoms with Gasteiger partial charge in [-0.25, -0.2) is 18.7 Å². The third-order valence-electron chi connectivity index (χ3n) is 9.58. The zero-order valence-electron chi connectivity index (χ0n) is 42.3. The van der Waals surface area contributed by atoms with Gasteiger partial charge in [0.1, 0.15) is 17.5 Å². The van der Waals surface area contributed by atoms with Crippen molar-refractivity contribution in [2.24, 2.45) is 0 Å². The fourth-order valence-corrected chi connectivity index (χ4v) is 6.03. The third kappa shape index (κ3) is 21.3. The van der Waals surface area contributed by atoms with E-state index in [9.17, 15) is 38.2 Å². The molecule has 16 nitrogen and oxygen atoms in total. The quantitative estimate of drug-likeness (QED) is 0.0673. The number of nitrogens with zero attached hydrogens (tertiary/aromatic N) is 6. The van der Waals surface area contributed by atoms with E-state index in [4.69, 9.17) is 0 Å². The Bertz CT molecular complexity index is 2120. The summed E-state index contributed by atoms with van der Waals surface area (Å²) in [6, 6.07) is 11.4. The van der Waals surface area contributed by atoms with Gasteiger partial charge in [0.05, 0.1) is 12.4 Å². The summed E-state index contributed by atoms with van der Waals surface area (Å²) in [6.07, 6.45) is 4.51. The number of unbranched alkanes of at least 4 members (excludes halogenated alkanes) is 1. The SMILES string of the molecule is CC.CC.CC.CCC.CCCCNC1CN(C)CCn2c1nc(C(=O)NCc1ccc(F)cc1)c(O)c2=O.CNC(C)CN(C)CCn1cnc(C(=O)NCc2ccc(F)cc2)c(O)c1=O. The highest BCUT2D eigenvalue weighted by Crippen LogP contribution is 2.19. The van der Waals surface area contributed by atoms with Gasteiger partial charge in [0, 0.05) is 58.4 Å². The standard InChI is InChI=1S/C21H28FN5O3.C19H26FN5O3.C3H8.3C2H6/c1-3-4-9-23-16-13-26(2)10-11-27-19(16)25-17(18(28)21(27)30)20(29)24-12-14-5-7-15(22)8-6-14;1-13(21-2)11-24(3)8-9-25-12-23-16(17(26)19(25)28)18(27)22-10-14-4-6-15(20)7-5-14;1-3-2;3*1-2/h5-8,16,23,28H,3-4,9-13H2,1-2H3,(H,24,29);4-7,12-13,21,26H,8-11H2,1-3H3,(H,22,27);3H2,1-2H3;3*1-2H3. The number of aromatic nitrogens is 4. The molecule has 0 aliphatic carbocycles. The van der Waals surface area contributed by atoms with Crippen LogP contribution in [0.3, 0.4) is 0 Å². The number of carbonyl (C=O) groups excluding carboxylic acids is 2. The van der Waals surface area contributed by atoms with Crippen molar-refractivity contribution in [1.82, 2.24) is 50.2 Å². The monoisotopic (exact) mass is 943 g/mol. The summed E-state index contributed by atoms with van der Waals surface area (Å²) in [7, 11) is 5.77. The zero-order valence-corrected chi connectivity index (χ0v) is 42.3. The predicted molar refractivity (Wildman–Crippen MR) is 265 cm³/mol. The summed E-state index contributed by atoms with van der Waals surface area (Å²) in [6.45, 7) is 24.8. The van der Waals surface area contributed by atoms with Gasteiger partial charge < -0.3 is 41.3 Å². The lowest BCUT2D eigenvalue weighted by Crippen LogP contribution is -2.38. The number of rotatable bonds is 16. The fourth-order valence-electron chi connectivity index (χ4n) is 6.03. The molecule has 0 saturated carbocycles. The van der Waals surface area contributed by atoms with Crippen molar-refractivity contribution >= 4 is 11.8 Å². The maximum absolute atomic E-state index is 13.0. The largest absolute Gasteiger partial charge is 0.501 e. The number of likely N-dealkylation sites (N-methyl/N-ethyl adjacent to an activating group) is 3. The summed E-state index contributed by atoms with van der Waals surface area (Å²) < 4.78 is 28.7. The minimum absolute atomic E-state index is 0.123. The second-order valence-electron chi connectivity index (χ2n) is 15.0. The normalized spacial score (nSPS) is 13.1. The first-order valence-corrected chi connectivity index (χ1v) is 23.6. The highest BCUT2D eigenvalue weighted by atomic mass is 19.1. The third-order valence-corrected chi connectivity index (χ3v) is 9.58. The molecular weight excluding hydrogens is 863 g/mol. The molecule has 0 fully saturated rings. The van der Waals surface area contributed by atoms with E-state index in [0.717, 1.165) is 25.9 Å². The number of hydrogen-bond acceptors (Lipinski definition) is 12. The number of amides is 2. The van der Waals surface area contributed by atoms with Gasteiger partial charge in [-0.3, -0.25) is 28.3 Å². The van der Waals surface area contributed by atoms with E-state index in [2.05, 4.69) is 63.8 Å². The number of halogens is 2. The van der Waals surface area contributed by atoms with Crippen molar-refractivity contribution in [3.05, 3.63) is 116 Å². The highest BCUT2D eigenvalue weighted by molar-refractivity contribution is 5.95. The molecule has 2 unspecified atom stereocenters. The van der Waals surface area contributed by atoms with Crippen LogP contribution < -0.4 is 32.4 Å². The van der Waals surface area contributed by atoms with Crippen molar-refractivity contribution in [3.8, 4) is 11.5 Å². The Morgan fingerprint density at radius 3 is 1.81 bits per heavy atom. The first-order chi connectivity index (χ1) is 32.1. The number of hydrogen-bond donors (Lipinski definition) is 6. The van der Waals surface area contributed by atoms with E-state index < -0.39 is 34.4 Å². The molecule has 0 spiro atoms. The summed E-state index contributed by atoms with van der Waals surface area (Å²) in [5.41, 5.74) is -0.542. The number of carbonyl (C=O) groups is 2. The van der Waals surface area contributed by atoms with Crippen molar-refractivity contribution in [3.63, 3.8) is 0 Å². The highest BCUT2D eigenvalue weighted by Gasteiger charge is 2.28. The molecule has 18 heteroatoms. The van der Waals surface area contributed by atoms with Crippen molar-refractivity contribution in [2.45, 2.75) is 127 Å². The first-order valence-electron chi connectivity index (χ1n) is 23.6. The molecule has 3 heterocycles. The van der Waals surface area contributed by atoms with E-state index >= 15 is 0 Å². The van der Waals surface area contributed by atoms with Crippen molar-refractivity contribution in [1.29, 1.82) is 0 Å². The smallest absolute Gasteiger partial charge is 0.296 e. The van der Waals surface area contributed by atoms with Crippen molar-refractivity contribution < 1.29 is 28.6 Å². The number of benzene rings is 2. The lowest BCUT2D eigenvalue weighted by molar-refractivity contribution is 0.0933. The average Bonchev–Trinajstić information content (AvgIpc) is 3.50. The lowest BCUT2D eigenvalue weighted by Gasteiger charge is -2.22. The molecule has 2 aromatic carbocycles. The average molecular weight is 943 g/mol. The molecule has 0 saturated heterocycles. The molecule has 5 rings (SSSR count). The summed E-state index contributed by atoms with van der Waals surface area (Å²) in [4.78, 5) is 62.5. The van der Waals surface area contributed by atoms with Crippen LogP contribution in [0, 0.1) is 11.6 Å². The Morgan fingerprint density at radius 1 is 0.821 bits per heavy atom. The van der Waals surface area contributed by atoms with Gasteiger partial charge in [-0.15, -0.1) is 0 Å². The number of fused-ring (bicyclic) bond motifs is 1. The van der Waals surface area contributed by atoms with Crippen LogP contribution in [-0.4, -0.2) is 111 Å². The first kappa shape index (κ1) is 61.4. The number of nitrogens with one attached hydrogen (secondary N) is 4. The molecule has 67 heavy (non-hydrogen) atoms. The van der Waals surface area contributed by atoms with Crippen LogP contribution in [-0.2, 0) is 26.2 Å². The Kier molecular flexibility index (Phi) is 31.8. The van der Waals surface area contributed by atoms with E-state index in [-0.39, 0.29) is 42.2 Å². The molecule has 376 valence electrons. The minimum Gasteiger partial charge on any atom is -0.501 e. The molecule has 2 aromatic heterocycles. The molecule has 2 atom stereocenters. The van der Waals surface area contributed by atoms with E-state index in [1.54, 1.807) is 12.1 Å². The Morgan fingerprint density at radius 2 is 1.31 bits per heavy atom. The van der Waals surface area contributed by atoms with Gasteiger partial charge in [0.2, 0.25) is 11.5 Å². The second-order valence-corrected chi connectivity index (χ2v) is 15.0. The van der Waals surface area contributed by atoms with Gasteiger partial charge in [-0.1, -0.05) is 99.4 Å². The molecule has 0 radical (unpaired) electrons. The van der Waals surface area contributed by atoms with Crippen molar-refractivity contribution in [2.75, 3.05) is 53.9 Å².